The molecule has 0 radical (unpaired) electrons. The van der Waals surface area contributed by atoms with Crippen LogP contribution in [0.25, 0.3) is 6.08 Å². The number of anilines is 3. The van der Waals surface area contributed by atoms with Crippen LogP contribution in [0.1, 0.15) is 44.4 Å². The molecule has 0 bridgehead atoms. The number of nitrogens with zero attached hydrogens (tertiary/aromatic N) is 1. The van der Waals surface area contributed by atoms with Crippen LogP contribution in [0.2, 0.25) is 0 Å². The summed E-state index contributed by atoms with van der Waals surface area (Å²) >= 11 is 3.40. The van der Waals surface area contributed by atoms with Crippen LogP contribution in [0.5, 0.6) is 0 Å². The van der Waals surface area contributed by atoms with Gasteiger partial charge in [-0.2, -0.15) is 0 Å². The molecule has 0 spiro atoms. The Morgan fingerprint density at radius 1 is 0.952 bits per heavy atom. The number of rotatable bonds is 8. The van der Waals surface area contributed by atoms with E-state index in [9.17, 15) is 19.5 Å². The highest BCUT2D eigenvalue weighted by Gasteiger charge is 2.33. The van der Waals surface area contributed by atoms with Crippen molar-refractivity contribution in [3.8, 4) is 0 Å². The number of hydrogen-bond acceptors (Lipinski definition) is 6. The summed E-state index contributed by atoms with van der Waals surface area (Å²) < 4.78 is 6.22. The lowest BCUT2D eigenvalue weighted by Crippen LogP contribution is -2.36. The number of benzene rings is 3. The highest BCUT2D eigenvalue weighted by atomic mass is 79.9. The number of amides is 3. The first-order valence-corrected chi connectivity index (χ1v) is 14.4. The second-order valence-corrected chi connectivity index (χ2v) is 11.9. The minimum absolute atomic E-state index is 0.187. The molecule has 9 nitrogen and oxygen atoms in total. The standard InChI is InChI=1S/C32H35BrN4O5/c1-32(2,3)42-31(41)36-27-7-5-4-6-26(27)35-28(39)17-10-21-8-11-22(12-9-21)29(37-19-18-25(38)20-37)30(40)34-24-15-13-23(33)14-16-24/h4-17,25,29,38H,18-20H2,1-3H3,(H,34,40)(H,35,39)(H,36,41)/b17-10+/t25-,29?/m0/s1. The average Bonchev–Trinajstić information content (AvgIpc) is 3.35. The lowest BCUT2D eigenvalue weighted by Gasteiger charge is -2.27. The largest absolute Gasteiger partial charge is 0.444 e. The summed E-state index contributed by atoms with van der Waals surface area (Å²) in [6, 6.07) is 21.0. The molecule has 3 aromatic carbocycles. The number of likely N-dealkylation sites (tertiary alicyclic amines) is 1. The predicted molar refractivity (Wildman–Crippen MR) is 168 cm³/mol. The average molecular weight is 636 g/mol. The number of carbonyl (C=O) groups is 3. The van der Waals surface area contributed by atoms with Crippen molar-refractivity contribution >= 4 is 57.0 Å². The Hall–Kier alpha value is -3.99. The van der Waals surface area contributed by atoms with Crippen LogP contribution < -0.4 is 16.0 Å². The van der Waals surface area contributed by atoms with E-state index in [0.29, 0.717) is 36.6 Å². The van der Waals surface area contributed by atoms with Gasteiger partial charge >= 0.3 is 6.09 Å². The topological polar surface area (TPSA) is 120 Å². The normalized spacial score (nSPS) is 16.2. The zero-order chi connectivity index (χ0) is 30.3. The van der Waals surface area contributed by atoms with E-state index in [-0.39, 0.29) is 11.8 Å². The molecule has 1 saturated heterocycles. The van der Waals surface area contributed by atoms with Crippen molar-refractivity contribution in [1.29, 1.82) is 0 Å². The van der Waals surface area contributed by atoms with Crippen molar-refractivity contribution < 1.29 is 24.2 Å². The lowest BCUT2D eigenvalue weighted by molar-refractivity contribution is -0.121. The van der Waals surface area contributed by atoms with Gasteiger partial charge in [0, 0.05) is 29.3 Å². The maximum absolute atomic E-state index is 13.4. The maximum Gasteiger partial charge on any atom is 0.412 e. The van der Waals surface area contributed by atoms with E-state index in [1.165, 1.54) is 6.08 Å². The molecule has 3 aromatic rings. The summed E-state index contributed by atoms with van der Waals surface area (Å²) in [5, 5.41) is 18.5. The third-order valence-corrected chi connectivity index (χ3v) is 6.95. The Kier molecular flexibility index (Phi) is 10.2. The highest BCUT2D eigenvalue weighted by Crippen LogP contribution is 2.28. The van der Waals surface area contributed by atoms with Crippen LogP contribution in [0.4, 0.5) is 21.9 Å². The Morgan fingerprint density at radius 2 is 1.60 bits per heavy atom. The van der Waals surface area contributed by atoms with Crippen molar-refractivity contribution in [3.63, 3.8) is 0 Å². The predicted octanol–water partition coefficient (Wildman–Crippen LogP) is 6.19. The molecule has 4 N–H and O–H groups in total. The summed E-state index contributed by atoms with van der Waals surface area (Å²) in [6.07, 6.45) is 2.58. The zero-order valence-electron chi connectivity index (χ0n) is 23.8. The molecule has 10 heteroatoms. The summed E-state index contributed by atoms with van der Waals surface area (Å²) in [6.45, 7) is 6.32. The SMILES string of the molecule is CC(C)(C)OC(=O)Nc1ccccc1NC(=O)/C=C/c1ccc(C(C(=O)Nc2ccc(Br)cc2)N2CC[C@H](O)C2)cc1. The van der Waals surface area contributed by atoms with Crippen molar-refractivity contribution in [1.82, 2.24) is 4.90 Å². The van der Waals surface area contributed by atoms with Crippen molar-refractivity contribution in [3.05, 3.63) is 94.5 Å². The van der Waals surface area contributed by atoms with Crippen LogP contribution in [-0.4, -0.2) is 52.7 Å². The molecule has 220 valence electrons. The molecular weight excluding hydrogens is 600 g/mol. The molecule has 1 unspecified atom stereocenters. The smallest absolute Gasteiger partial charge is 0.412 e. The van der Waals surface area contributed by atoms with Crippen LogP contribution in [0, 0.1) is 0 Å². The Bertz CT molecular complexity index is 1430. The van der Waals surface area contributed by atoms with Gasteiger partial charge in [-0.1, -0.05) is 52.3 Å². The monoisotopic (exact) mass is 634 g/mol. The first kappa shape index (κ1) is 31.0. The van der Waals surface area contributed by atoms with Crippen LogP contribution in [0.3, 0.4) is 0 Å². The molecule has 42 heavy (non-hydrogen) atoms. The van der Waals surface area contributed by atoms with Gasteiger partial charge < -0.3 is 20.5 Å². The number of ether oxygens (including phenoxy) is 1. The van der Waals surface area contributed by atoms with Crippen molar-refractivity contribution in [2.24, 2.45) is 0 Å². The zero-order valence-corrected chi connectivity index (χ0v) is 25.4. The molecule has 1 heterocycles. The molecule has 1 aliphatic heterocycles. The van der Waals surface area contributed by atoms with Gasteiger partial charge in [-0.05, 0) is 80.8 Å². The maximum atomic E-state index is 13.4. The number of β-amino-alcohol motifs (C(OH)–C–C–N with tert-alkyl or cyclic N) is 1. The first-order chi connectivity index (χ1) is 20.0. The molecule has 0 saturated carbocycles. The van der Waals surface area contributed by atoms with E-state index < -0.39 is 23.8 Å². The van der Waals surface area contributed by atoms with E-state index in [4.69, 9.17) is 4.74 Å². The fourth-order valence-corrected chi connectivity index (χ4v) is 4.79. The molecule has 0 aliphatic carbocycles. The third-order valence-electron chi connectivity index (χ3n) is 6.42. The van der Waals surface area contributed by atoms with E-state index in [0.717, 1.165) is 15.6 Å². The number of nitrogens with one attached hydrogen (secondary N) is 3. The van der Waals surface area contributed by atoms with Gasteiger partial charge in [0.15, 0.2) is 0 Å². The Labute approximate surface area is 254 Å². The molecule has 2 atom stereocenters. The van der Waals surface area contributed by atoms with Gasteiger partial charge in [-0.25, -0.2) is 4.79 Å². The Balaban J connectivity index is 1.43. The molecule has 0 aromatic heterocycles. The quantitative estimate of drug-likeness (QED) is 0.219. The van der Waals surface area contributed by atoms with Crippen LogP contribution in [-0.2, 0) is 14.3 Å². The minimum Gasteiger partial charge on any atom is -0.444 e. The highest BCUT2D eigenvalue weighted by molar-refractivity contribution is 9.10. The van der Waals surface area contributed by atoms with Gasteiger partial charge in [0.05, 0.1) is 17.5 Å². The molecular formula is C32H35BrN4O5. The minimum atomic E-state index is -0.653. The molecule has 1 fully saturated rings. The van der Waals surface area contributed by atoms with E-state index >= 15 is 0 Å². The molecule has 4 rings (SSSR count). The molecule has 1 aliphatic rings. The van der Waals surface area contributed by atoms with Crippen molar-refractivity contribution in [2.75, 3.05) is 29.0 Å². The summed E-state index contributed by atoms with van der Waals surface area (Å²) in [5.41, 5.74) is 2.42. The van der Waals surface area contributed by atoms with Crippen LogP contribution in [0.15, 0.2) is 83.3 Å². The van der Waals surface area contributed by atoms with Crippen molar-refractivity contribution in [2.45, 2.75) is 44.9 Å². The fraction of sp³-hybridized carbons (Fsp3) is 0.281. The van der Waals surface area contributed by atoms with Gasteiger partial charge in [-0.3, -0.25) is 19.8 Å². The summed E-state index contributed by atoms with van der Waals surface area (Å²) in [4.78, 5) is 40.2. The van der Waals surface area contributed by atoms with Gasteiger partial charge in [0.25, 0.3) is 0 Å². The summed E-state index contributed by atoms with van der Waals surface area (Å²) in [5.74, 6) is -0.567. The molecule has 3 amide bonds. The van der Waals surface area contributed by atoms with Gasteiger partial charge in [0.1, 0.15) is 11.6 Å². The van der Waals surface area contributed by atoms with E-state index in [1.807, 2.05) is 53.4 Å². The number of aliphatic hydroxyl groups excluding tert-OH is 1. The second-order valence-electron chi connectivity index (χ2n) is 11.0. The number of aliphatic hydroxyl groups is 1. The second kappa shape index (κ2) is 13.8. The number of para-hydroxylation sites is 2. The lowest BCUT2D eigenvalue weighted by atomic mass is 10.0. The van der Waals surface area contributed by atoms with Gasteiger partial charge in [0.2, 0.25) is 11.8 Å². The third kappa shape index (κ3) is 9.01. The number of carbonyl (C=O) groups excluding carboxylic acids is 3. The Morgan fingerprint density at radius 3 is 2.19 bits per heavy atom. The van der Waals surface area contributed by atoms with E-state index in [1.54, 1.807) is 51.1 Å². The van der Waals surface area contributed by atoms with E-state index in [2.05, 4.69) is 31.9 Å². The summed E-state index contributed by atoms with van der Waals surface area (Å²) in [7, 11) is 0. The number of hydrogen-bond donors (Lipinski definition) is 4. The first-order valence-electron chi connectivity index (χ1n) is 13.6. The number of halogens is 1. The fourth-order valence-electron chi connectivity index (χ4n) is 4.52. The van der Waals surface area contributed by atoms with Gasteiger partial charge in [-0.15, -0.1) is 0 Å². The van der Waals surface area contributed by atoms with Crippen LogP contribution >= 0.6 is 15.9 Å².